The third-order valence-corrected chi connectivity index (χ3v) is 10.1. The Morgan fingerprint density at radius 1 is 0.340 bits per heavy atom. The molecule has 0 N–H and O–H groups in total. The molecule has 4 nitrogen and oxygen atoms in total. The summed E-state index contributed by atoms with van der Waals surface area (Å²) in [5, 5.41) is 15.0. The van der Waals surface area contributed by atoms with Crippen LogP contribution in [-0.2, 0) is 0 Å². The molecular formula is C49H32N4. The third-order valence-electron chi connectivity index (χ3n) is 10.1. The first-order chi connectivity index (χ1) is 26.2. The Morgan fingerprint density at radius 2 is 0.868 bits per heavy atom. The number of hydrogen-bond donors (Lipinski definition) is 0. The molecule has 0 unspecified atom stereocenters. The maximum atomic E-state index is 5.14. The van der Waals surface area contributed by atoms with Gasteiger partial charge in [-0.3, -0.25) is 4.98 Å². The van der Waals surface area contributed by atoms with Crippen molar-refractivity contribution in [3.63, 3.8) is 0 Å². The van der Waals surface area contributed by atoms with Crippen LogP contribution in [0, 0.1) is 0 Å². The lowest BCUT2D eigenvalue weighted by Gasteiger charge is -2.11. The van der Waals surface area contributed by atoms with Gasteiger partial charge in [0.05, 0.1) is 5.69 Å². The molecular weight excluding hydrogens is 645 g/mol. The molecule has 2 heterocycles. The quantitative estimate of drug-likeness (QED) is 0.176. The Kier molecular flexibility index (Phi) is 7.43. The van der Waals surface area contributed by atoms with Gasteiger partial charge < -0.3 is 0 Å². The van der Waals surface area contributed by atoms with E-state index in [1.165, 1.54) is 43.8 Å². The Labute approximate surface area is 307 Å². The Bertz CT molecular complexity index is 2930. The van der Waals surface area contributed by atoms with Crippen LogP contribution >= 0.6 is 0 Å². The van der Waals surface area contributed by atoms with Crippen molar-refractivity contribution in [2.24, 2.45) is 0 Å². The molecule has 0 fully saturated rings. The Balaban J connectivity index is 1.11. The van der Waals surface area contributed by atoms with Gasteiger partial charge in [-0.05, 0) is 121 Å². The van der Waals surface area contributed by atoms with Crippen LogP contribution in [-0.4, -0.2) is 20.0 Å². The van der Waals surface area contributed by atoms with Crippen molar-refractivity contribution in [3.05, 3.63) is 194 Å². The standard InChI is InChI=1S/C49H32N4/c1-3-9-33(10-4-1)36-16-18-39-27-42(21-20-38(39)25-36)45-30-47(43-23-22-40-26-37(17-19-41(40)28-43)34-11-5-2-6-12-34)49-48(31-45)51-53(52-49)46-15-7-13-35(29-46)44-14-8-24-50-32-44/h1-32H. The lowest BCUT2D eigenvalue weighted by molar-refractivity contribution is 0.766. The maximum absolute atomic E-state index is 5.14. The van der Waals surface area contributed by atoms with Gasteiger partial charge in [-0.1, -0.05) is 127 Å². The van der Waals surface area contributed by atoms with Crippen LogP contribution in [0.3, 0.4) is 0 Å². The average Bonchev–Trinajstić information content (AvgIpc) is 3.68. The van der Waals surface area contributed by atoms with Gasteiger partial charge >= 0.3 is 0 Å². The zero-order valence-corrected chi connectivity index (χ0v) is 28.8. The minimum Gasteiger partial charge on any atom is -0.264 e. The van der Waals surface area contributed by atoms with Crippen molar-refractivity contribution in [2.45, 2.75) is 0 Å². The highest BCUT2D eigenvalue weighted by Crippen LogP contribution is 2.37. The zero-order chi connectivity index (χ0) is 35.1. The molecule has 53 heavy (non-hydrogen) atoms. The summed E-state index contributed by atoms with van der Waals surface area (Å²) in [6.07, 6.45) is 3.67. The molecule has 10 aromatic rings. The van der Waals surface area contributed by atoms with E-state index >= 15 is 0 Å². The second-order valence-corrected chi connectivity index (χ2v) is 13.5. The van der Waals surface area contributed by atoms with E-state index in [0.717, 1.165) is 50.1 Å². The van der Waals surface area contributed by atoms with Gasteiger partial charge in [-0.15, -0.1) is 10.2 Å². The van der Waals surface area contributed by atoms with Crippen molar-refractivity contribution in [1.82, 2.24) is 20.0 Å². The minimum atomic E-state index is 0.836. The molecule has 0 spiro atoms. The first-order valence-electron chi connectivity index (χ1n) is 17.8. The summed E-state index contributed by atoms with van der Waals surface area (Å²) in [6, 6.07) is 64.6. The molecule has 0 saturated heterocycles. The molecule has 0 aliphatic heterocycles. The highest BCUT2D eigenvalue weighted by Gasteiger charge is 2.16. The molecule has 0 saturated carbocycles. The maximum Gasteiger partial charge on any atom is 0.121 e. The first-order valence-corrected chi connectivity index (χ1v) is 17.8. The molecule has 248 valence electrons. The number of nitrogens with zero attached hydrogens (tertiary/aromatic N) is 4. The molecule has 0 atom stereocenters. The SMILES string of the molecule is c1ccc(-c2ccc3cc(-c4cc(-c5ccc6cc(-c7ccccc7)ccc6c5)c5nn(-c6cccc(-c7cccnc7)c6)nc5c4)ccc3c2)cc1. The predicted octanol–water partition coefficient (Wildman–Crippen LogP) is 12.5. The average molecular weight is 677 g/mol. The minimum absolute atomic E-state index is 0.836. The van der Waals surface area contributed by atoms with Crippen molar-refractivity contribution < 1.29 is 0 Å². The van der Waals surface area contributed by atoms with Crippen LogP contribution in [0.5, 0.6) is 0 Å². The van der Waals surface area contributed by atoms with Gasteiger partial charge in [0.15, 0.2) is 0 Å². The van der Waals surface area contributed by atoms with E-state index in [1.807, 2.05) is 24.4 Å². The molecule has 0 bridgehead atoms. The summed E-state index contributed by atoms with van der Waals surface area (Å²) < 4.78 is 0. The molecule has 0 radical (unpaired) electrons. The van der Waals surface area contributed by atoms with E-state index in [4.69, 9.17) is 10.2 Å². The van der Waals surface area contributed by atoms with Crippen LogP contribution in [0.4, 0.5) is 0 Å². The zero-order valence-electron chi connectivity index (χ0n) is 28.8. The van der Waals surface area contributed by atoms with Gasteiger partial charge in [-0.25, -0.2) is 0 Å². The van der Waals surface area contributed by atoms with Crippen LogP contribution in [0.15, 0.2) is 194 Å². The van der Waals surface area contributed by atoms with Gasteiger partial charge in [0.1, 0.15) is 11.0 Å². The van der Waals surface area contributed by atoms with Crippen LogP contribution < -0.4 is 0 Å². The lowest BCUT2D eigenvalue weighted by Crippen LogP contribution is -1.98. The van der Waals surface area contributed by atoms with Gasteiger partial charge in [0.25, 0.3) is 0 Å². The van der Waals surface area contributed by atoms with Crippen molar-refractivity contribution >= 4 is 32.6 Å². The second-order valence-electron chi connectivity index (χ2n) is 13.5. The van der Waals surface area contributed by atoms with E-state index in [1.54, 1.807) is 11.0 Å². The Morgan fingerprint density at radius 3 is 1.47 bits per heavy atom. The summed E-state index contributed by atoms with van der Waals surface area (Å²) in [5.41, 5.74) is 13.9. The van der Waals surface area contributed by atoms with Crippen molar-refractivity contribution in [2.75, 3.05) is 0 Å². The number of benzene rings is 8. The number of fused-ring (bicyclic) bond motifs is 3. The summed E-state index contributed by atoms with van der Waals surface area (Å²) >= 11 is 0. The summed E-state index contributed by atoms with van der Waals surface area (Å²) in [6.45, 7) is 0. The van der Waals surface area contributed by atoms with E-state index in [0.29, 0.717) is 0 Å². The summed E-state index contributed by atoms with van der Waals surface area (Å²) in [7, 11) is 0. The fourth-order valence-electron chi connectivity index (χ4n) is 7.32. The fourth-order valence-corrected chi connectivity index (χ4v) is 7.32. The Hall–Kier alpha value is -7.17. The van der Waals surface area contributed by atoms with Gasteiger partial charge in [0.2, 0.25) is 0 Å². The molecule has 0 amide bonds. The molecule has 8 aromatic carbocycles. The number of pyridine rings is 1. The normalized spacial score (nSPS) is 11.4. The topological polar surface area (TPSA) is 43.6 Å². The molecule has 2 aromatic heterocycles. The summed E-state index contributed by atoms with van der Waals surface area (Å²) in [4.78, 5) is 6.08. The molecule has 10 rings (SSSR count). The van der Waals surface area contributed by atoms with E-state index < -0.39 is 0 Å². The lowest BCUT2D eigenvalue weighted by atomic mass is 9.93. The van der Waals surface area contributed by atoms with E-state index in [9.17, 15) is 0 Å². The largest absolute Gasteiger partial charge is 0.264 e. The number of hydrogen-bond acceptors (Lipinski definition) is 3. The smallest absolute Gasteiger partial charge is 0.121 e. The van der Waals surface area contributed by atoms with Gasteiger partial charge in [0, 0.05) is 23.5 Å². The number of rotatable bonds is 6. The highest BCUT2D eigenvalue weighted by molar-refractivity contribution is 6.00. The van der Waals surface area contributed by atoms with Gasteiger partial charge in [-0.2, -0.15) is 4.80 Å². The van der Waals surface area contributed by atoms with E-state index in [2.05, 4.69) is 169 Å². The molecule has 4 heteroatoms. The fraction of sp³-hybridized carbons (Fsp3) is 0. The molecule has 0 aliphatic carbocycles. The van der Waals surface area contributed by atoms with Crippen LogP contribution in [0.2, 0.25) is 0 Å². The van der Waals surface area contributed by atoms with E-state index in [-0.39, 0.29) is 0 Å². The second kappa shape index (κ2) is 12.9. The number of aromatic nitrogens is 4. The van der Waals surface area contributed by atoms with Crippen LogP contribution in [0.25, 0.3) is 93.9 Å². The summed E-state index contributed by atoms with van der Waals surface area (Å²) in [5.74, 6) is 0. The predicted molar refractivity (Wildman–Crippen MR) is 219 cm³/mol. The highest BCUT2D eigenvalue weighted by atomic mass is 15.5. The molecule has 0 aliphatic rings. The van der Waals surface area contributed by atoms with Crippen LogP contribution in [0.1, 0.15) is 0 Å². The van der Waals surface area contributed by atoms with Crippen molar-refractivity contribution in [1.29, 1.82) is 0 Å². The third kappa shape index (κ3) is 5.82. The van der Waals surface area contributed by atoms with Crippen molar-refractivity contribution in [3.8, 4) is 61.3 Å². The first kappa shape index (κ1) is 30.6. The monoisotopic (exact) mass is 676 g/mol.